The van der Waals surface area contributed by atoms with E-state index in [0.29, 0.717) is 16.9 Å². The Morgan fingerprint density at radius 3 is 2.57 bits per heavy atom. The number of aliphatic carboxylic acids is 1. The first-order valence-electron chi connectivity index (χ1n) is 7.07. The Balaban J connectivity index is 2.03. The van der Waals surface area contributed by atoms with Crippen LogP contribution in [0.1, 0.15) is 6.92 Å². The topological polar surface area (TPSA) is 76.7 Å². The quantitative estimate of drug-likeness (QED) is 0.748. The van der Waals surface area contributed by atoms with Gasteiger partial charge in [0.15, 0.2) is 6.10 Å². The minimum Gasteiger partial charge on any atom is -0.479 e. The van der Waals surface area contributed by atoms with E-state index < -0.39 is 17.7 Å². The van der Waals surface area contributed by atoms with Crippen molar-refractivity contribution in [1.29, 1.82) is 0 Å². The zero-order valence-electron chi connectivity index (χ0n) is 12.4. The lowest BCUT2D eigenvalue weighted by Crippen LogP contribution is -2.22. The maximum atomic E-state index is 12.2. The van der Waals surface area contributed by atoms with Gasteiger partial charge in [-0.2, -0.15) is 0 Å². The van der Waals surface area contributed by atoms with Crippen LogP contribution in [0.3, 0.4) is 0 Å². The smallest absolute Gasteiger partial charge is 0.344 e. The zero-order valence-corrected chi connectivity index (χ0v) is 12.4. The molecule has 1 atom stereocenters. The molecule has 5 nitrogen and oxygen atoms in total. The molecule has 0 saturated carbocycles. The molecule has 1 N–H and O–H groups in total. The Kier molecular flexibility index (Phi) is 3.85. The highest BCUT2D eigenvalue weighted by Gasteiger charge is 2.13. The third-order valence-corrected chi connectivity index (χ3v) is 3.45. The molecular formula is C18H14O5. The summed E-state index contributed by atoms with van der Waals surface area (Å²) in [7, 11) is 0. The molecule has 0 saturated heterocycles. The van der Waals surface area contributed by atoms with Crippen LogP contribution in [0.25, 0.3) is 22.1 Å². The first kappa shape index (κ1) is 14.8. The van der Waals surface area contributed by atoms with Crippen LogP contribution in [-0.2, 0) is 4.79 Å². The molecule has 1 heterocycles. The molecule has 0 radical (unpaired) electrons. The number of fused-ring (bicyclic) bond motifs is 1. The van der Waals surface area contributed by atoms with E-state index in [1.165, 1.54) is 13.0 Å². The van der Waals surface area contributed by atoms with Crippen molar-refractivity contribution in [3.63, 3.8) is 0 Å². The van der Waals surface area contributed by atoms with Crippen molar-refractivity contribution in [2.24, 2.45) is 0 Å². The largest absolute Gasteiger partial charge is 0.479 e. The average molecular weight is 310 g/mol. The van der Waals surface area contributed by atoms with Crippen molar-refractivity contribution in [2.75, 3.05) is 0 Å². The van der Waals surface area contributed by atoms with E-state index in [9.17, 15) is 9.59 Å². The lowest BCUT2D eigenvalue weighted by atomic mass is 10.1. The maximum absolute atomic E-state index is 12.2. The van der Waals surface area contributed by atoms with E-state index in [-0.39, 0.29) is 0 Å². The predicted octanol–water partition coefficient (Wildman–Crippen LogP) is 3.31. The second-order valence-electron chi connectivity index (χ2n) is 5.11. The van der Waals surface area contributed by atoms with Gasteiger partial charge in [0, 0.05) is 11.5 Å². The van der Waals surface area contributed by atoms with Crippen LogP contribution >= 0.6 is 0 Å². The molecule has 0 amide bonds. The lowest BCUT2D eigenvalue weighted by Gasteiger charge is -2.10. The summed E-state index contributed by atoms with van der Waals surface area (Å²) in [6.45, 7) is 1.43. The highest BCUT2D eigenvalue weighted by molar-refractivity contribution is 5.83. The molecule has 3 rings (SSSR count). The Hall–Kier alpha value is -3.08. The molecule has 0 spiro atoms. The molecule has 0 fully saturated rings. The fourth-order valence-electron chi connectivity index (χ4n) is 2.24. The van der Waals surface area contributed by atoms with Crippen molar-refractivity contribution in [2.45, 2.75) is 13.0 Å². The second-order valence-corrected chi connectivity index (χ2v) is 5.11. The number of hydrogen-bond acceptors (Lipinski definition) is 4. The fourth-order valence-corrected chi connectivity index (χ4v) is 2.24. The Morgan fingerprint density at radius 2 is 1.87 bits per heavy atom. The molecule has 23 heavy (non-hydrogen) atoms. The van der Waals surface area contributed by atoms with Gasteiger partial charge in [0.25, 0.3) is 0 Å². The molecule has 3 aromatic rings. The predicted molar refractivity (Wildman–Crippen MR) is 85.6 cm³/mol. The van der Waals surface area contributed by atoms with Crippen molar-refractivity contribution in [3.8, 4) is 16.9 Å². The molecule has 5 heteroatoms. The second kappa shape index (κ2) is 5.96. The van der Waals surface area contributed by atoms with Crippen LogP contribution in [0.15, 0.2) is 63.8 Å². The summed E-state index contributed by atoms with van der Waals surface area (Å²) in [4.78, 5) is 23.0. The van der Waals surface area contributed by atoms with E-state index in [0.717, 1.165) is 10.9 Å². The van der Waals surface area contributed by atoms with Crippen molar-refractivity contribution >= 4 is 16.9 Å². The highest BCUT2D eigenvalue weighted by atomic mass is 16.5. The maximum Gasteiger partial charge on any atom is 0.344 e. The number of rotatable bonds is 4. The van der Waals surface area contributed by atoms with Gasteiger partial charge < -0.3 is 14.3 Å². The first-order chi connectivity index (χ1) is 11.0. The average Bonchev–Trinajstić information content (AvgIpc) is 2.54. The highest BCUT2D eigenvalue weighted by Crippen LogP contribution is 2.24. The van der Waals surface area contributed by atoms with Gasteiger partial charge in [-0.3, -0.25) is 0 Å². The van der Waals surface area contributed by atoms with E-state index in [1.54, 1.807) is 18.2 Å². The molecule has 0 aliphatic heterocycles. The summed E-state index contributed by atoms with van der Waals surface area (Å²) in [6.07, 6.45) is -0.984. The molecule has 0 aliphatic carbocycles. The summed E-state index contributed by atoms with van der Waals surface area (Å²) >= 11 is 0. The molecule has 1 aromatic heterocycles. The van der Waals surface area contributed by atoms with Crippen LogP contribution in [0.5, 0.6) is 5.75 Å². The van der Waals surface area contributed by atoms with Gasteiger partial charge in [-0.05, 0) is 30.7 Å². The van der Waals surface area contributed by atoms with Gasteiger partial charge in [0.2, 0.25) is 0 Å². The number of carbonyl (C=O) groups is 1. The summed E-state index contributed by atoms with van der Waals surface area (Å²) in [5, 5.41) is 9.60. The fraction of sp³-hybridized carbons (Fsp3) is 0.111. The minimum atomic E-state index is -1.06. The summed E-state index contributed by atoms with van der Waals surface area (Å²) in [5.41, 5.74) is 1.16. The van der Waals surface area contributed by atoms with Crippen LogP contribution < -0.4 is 10.4 Å². The van der Waals surface area contributed by atoms with Crippen LogP contribution in [0.4, 0.5) is 0 Å². The number of carboxylic acid groups (broad SMARTS) is 1. The number of benzene rings is 2. The van der Waals surface area contributed by atoms with E-state index >= 15 is 0 Å². The zero-order chi connectivity index (χ0) is 16.4. The van der Waals surface area contributed by atoms with E-state index in [1.807, 2.05) is 30.3 Å². The SMILES string of the molecule is C[C@H](Oc1ccc2cc(-c3ccccc3)c(=O)oc2c1)C(=O)O. The summed E-state index contributed by atoms with van der Waals surface area (Å²) in [5.74, 6) is -0.728. The summed E-state index contributed by atoms with van der Waals surface area (Å²) < 4.78 is 10.6. The van der Waals surface area contributed by atoms with Crippen molar-refractivity contribution < 1.29 is 19.1 Å². The molecular weight excluding hydrogens is 296 g/mol. The first-order valence-corrected chi connectivity index (χ1v) is 7.07. The van der Waals surface area contributed by atoms with Crippen molar-refractivity contribution in [1.82, 2.24) is 0 Å². The number of carboxylic acids is 1. The van der Waals surface area contributed by atoms with Crippen LogP contribution in [0, 0.1) is 0 Å². The van der Waals surface area contributed by atoms with Crippen molar-refractivity contribution in [3.05, 3.63) is 65.0 Å². The van der Waals surface area contributed by atoms with E-state index in [2.05, 4.69) is 0 Å². The Morgan fingerprint density at radius 1 is 1.13 bits per heavy atom. The molecule has 2 aromatic carbocycles. The van der Waals surface area contributed by atoms with Gasteiger partial charge in [-0.25, -0.2) is 9.59 Å². The van der Waals surface area contributed by atoms with Gasteiger partial charge in [0.05, 0.1) is 5.56 Å². The minimum absolute atomic E-state index is 0.336. The van der Waals surface area contributed by atoms with Crippen LogP contribution in [0.2, 0.25) is 0 Å². The Bertz CT molecular complexity index is 912. The van der Waals surface area contributed by atoms with Gasteiger partial charge in [-0.15, -0.1) is 0 Å². The van der Waals surface area contributed by atoms with Gasteiger partial charge >= 0.3 is 11.6 Å². The normalized spacial score (nSPS) is 12.0. The molecule has 0 bridgehead atoms. The summed E-state index contributed by atoms with van der Waals surface area (Å²) in [6, 6.07) is 15.9. The number of hydrogen-bond donors (Lipinski definition) is 1. The molecule has 0 aliphatic rings. The lowest BCUT2D eigenvalue weighted by molar-refractivity contribution is -0.144. The third kappa shape index (κ3) is 3.08. The van der Waals surface area contributed by atoms with Gasteiger partial charge in [0.1, 0.15) is 11.3 Å². The van der Waals surface area contributed by atoms with Gasteiger partial charge in [-0.1, -0.05) is 30.3 Å². The number of ether oxygens (including phenoxy) is 1. The molecule has 116 valence electrons. The standard InChI is InChI=1S/C18H14O5/c1-11(17(19)20)22-14-8-7-13-9-15(12-5-3-2-4-6-12)18(21)23-16(13)10-14/h2-11H,1H3,(H,19,20)/t11-/m0/s1. The third-order valence-electron chi connectivity index (χ3n) is 3.45. The monoisotopic (exact) mass is 310 g/mol. The molecule has 0 unspecified atom stereocenters. The Labute approximate surface area is 131 Å². The van der Waals surface area contributed by atoms with E-state index in [4.69, 9.17) is 14.3 Å². The van der Waals surface area contributed by atoms with Crippen LogP contribution in [-0.4, -0.2) is 17.2 Å².